The lowest BCUT2D eigenvalue weighted by atomic mass is 9.90. The molecule has 0 heteroatoms. The second-order valence-corrected chi connectivity index (χ2v) is 4.99. The Labute approximate surface area is 104 Å². The molecular formula is C17H19. The summed E-state index contributed by atoms with van der Waals surface area (Å²) in [7, 11) is 0. The summed E-state index contributed by atoms with van der Waals surface area (Å²) in [6, 6.07) is 12.1. The van der Waals surface area contributed by atoms with Crippen LogP contribution in [0.3, 0.4) is 0 Å². The van der Waals surface area contributed by atoms with Gasteiger partial charge >= 0.3 is 0 Å². The Morgan fingerprint density at radius 2 is 1.35 bits per heavy atom. The molecule has 0 unspecified atom stereocenters. The highest BCUT2D eigenvalue weighted by Gasteiger charge is 2.09. The van der Waals surface area contributed by atoms with Crippen molar-refractivity contribution in [1.82, 2.24) is 0 Å². The van der Waals surface area contributed by atoms with Crippen molar-refractivity contribution in [3.05, 3.63) is 58.1 Å². The molecule has 0 nitrogen and oxygen atoms in total. The Kier molecular flexibility index (Phi) is 3.06. The fraction of sp³-hybridized carbons (Fsp3) is 0.294. The van der Waals surface area contributed by atoms with Gasteiger partial charge in [0.05, 0.1) is 0 Å². The van der Waals surface area contributed by atoms with Gasteiger partial charge in [0.25, 0.3) is 0 Å². The smallest absolute Gasteiger partial charge is 0.0122 e. The van der Waals surface area contributed by atoms with Crippen LogP contribution in [0, 0.1) is 40.7 Å². The lowest BCUT2D eigenvalue weighted by Crippen LogP contribution is -1.93. The van der Waals surface area contributed by atoms with E-state index in [1.807, 2.05) is 0 Å². The van der Waals surface area contributed by atoms with Crippen molar-refractivity contribution in [2.45, 2.75) is 34.6 Å². The minimum absolute atomic E-state index is 1.20. The Bertz CT molecular complexity index is 539. The molecule has 0 aromatic heterocycles. The van der Waals surface area contributed by atoms with Gasteiger partial charge in [-0.2, -0.15) is 0 Å². The van der Waals surface area contributed by atoms with Crippen LogP contribution in [0.2, 0.25) is 0 Å². The number of hydrogen-bond acceptors (Lipinski definition) is 0. The quantitative estimate of drug-likeness (QED) is 0.657. The van der Waals surface area contributed by atoms with E-state index in [-0.39, 0.29) is 0 Å². The van der Waals surface area contributed by atoms with Crippen LogP contribution >= 0.6 is 0 Å². The van der Waals surface area contributed by atoms with Crippen molar-refractivity contribution >= 4 is 0 Å². The molecule has 2 aromatic rings. The predicted octanol–water partition coefficient (Wildman–Crippen LogP) is 4.70. The third-order valence-corrected chi connectivity index (χ3v) is 3.25. The molecule has 0 saturated carbocycles. The zero-order valence-electron chi connectivity index (χ0n) is 11.3. The zero-order valence-corrected chi connectivity index (χ0v) is 11.3. The van der Waals surface area contributed by atoms with Crippen LogP contribution in [-0.2, 0) is 0 Å². The highest BCUT2D eigenvalue weighted by atomic mass is 14.1. The van der Waals surface area contributed by atoms with Crippen LogP contribution in [0.1, 0.15) is 27.8 Å². The number of rotatable bonds is 1. The maximum absolute atomic E-state index is 3.26. The van der Waals surface area contributed by atoms with E-state index in [9.17, 15) is 0 Å². The van der Waals surface area contributed by atoms with E-state index in [2.05, 4.69) is 65.0 Å². The van der Waals surface area contributed by atoms with Crippen LogP contribution in [0.25, 0.3) is 11.1 Å². The summed E-state index contributed by atoms with van der Waals surface area (Å²) in [4.78, 5) is 0. The first kappa shape index (κ1) is 11.9. The van der Waals surface area contributed by atoms with Crippen LogP contribution in [-0.4, -0.2) is 0 Å². The van der Waals surface area contributed by atoms with Gasteiger partial charge in [-0.1, -0.05) is 29.8 Å². The Balaban J connectivity index is 2.72. The lowest BCUT2D eigenvalue weighted by Gasteiger charge is -2.14. The molecule has 0 aliphatic carbocycles. The number of aryl methyl sites for hydroxylation is 5. The average molecular weight is 223 g/mol. The highest BCUT2D eigenvalue weighted by Crippen LogP contribution is 2.31. The van der Waals surface area contributed by atoms with Crippen LogP contribution < -0.4 is 0 Å². The van der Waals surface area contributed by atoms with Crippen molar-refractivity contribution in [3.8, 4) is 11.1 Å². The highest BCUT2D eigenvalue weighted by molar-refractivity contribution is 5.74. The van der Waals surface area contributed by atoms with Gasteiger partial charge in [0.1, 0.15) is 0 Å². The van der Waals surface area contributed by atoms with Crippen LogP contribution in [0.5, 0.6) is 0 Å². The average Bonchev–Trinajstić information content (AvgIpc) is 2.21. The normalized spacial score (nSPS) is 10.6. The number of hydrogen-bond donors (Lipinski definition) is 0. The fourth-order valence-corrected chi connectivity index (χ4v) is 2.55. The summed E-state index contributed by atoms with van der Waals surface area (Å²) in [5, 5.41) is 0. The monoisotopic (exact) mass is 223 g/mol. The van der Waals surface area contributed by atoms with Gasteiger partial charge in [-0.15, -0.1) is 0 Å². The van der Waals surface area contributed by atoms with Crippen LogP contribution in [0.15, 0.2) is 24.3 Å². The van der Waals surface area contributed by atoms with Gasteiger partial charge < -0.3 is 0 Å². The molecular weight excluding hydrogens is 204 g/mol. The lowest BCUT2D eigenvalue weighted by molar-refractivity contribution is 1.30. The molecule has 0 fully saturated rings. The summed E-state index contributed by atoms with van der Waals surface area (Å²) >= 11 is 0. The molecule has 2 rings (SSSR count). The minimum Gasteiger partial charge on any atom is -0.0557 e. The first-order valence-electron chi connectivity index (χ1n) is 6.06. The molecule has 0 saturated heterocycles. The summed E-state index contributed by atoms with van der Waals surface area (Å²) in [5.41, 5.74) is 9.27. The van der Waals surface area contributed by atoms with Crippen LogP contribution in [0.4, 0.5) is 0 Å². The van der Waals surface area contributed by atoms with Crippen molar-refractivity contribution in [1.29, 1.82) is 0 Å². The van der Waals surface area contributed by atoms with Gasteiger partial charge in [0, 0.05) is 0 Å². The van der Waals surface area contributed by atoms with Crippen molar-refractivity contribution < 1.29 is 0 Å². The van der Waals surface area contributed by atoms with Gasteiger partial charge in [0.15, 0.2) is 0 Å². The third-order valence-electron chi connectivity index (χ3n) is 3.25. The Hall–Kier alpha value is -1.56. The largest absolute Gasteiger partial charge is 0.0557 e. The van der Waals surface area contributed by atoms with Gasteiger partial charge in [-0.3, -0.25) is 0 Å². The molecule has 1 radical (unpaired) electrons. The maximum atomic E-state index is 3.26. The van der Waals surface area contributed by atoms with Crippen molar-refractivity contribution in [2.24, 2.45) is 0 Å². The molecule has 0 aliphatic heterocycles. The van der Waals surface area contributed by atoms with E-state index in [0.717, 1.165) is 0 Å². The van der Waals surface area contributed by atoms with Crippen molar-refractivity contribution in [3.63, 3.8) is 0 Å². The summed E-state index contributed by atoms with van der Waals surface area (Å²) in [5.74, 6) is 0. The zero-order chi connectivity index (χ0) is 12.6. The molecule has 0 amide bonds. The topological polar surface area (TPSA) is 0 Å². The second kappa shape index (κ2) is 4.37. The third kappa shape index (κ3) is 2.26. The molecule has 0 heterocycles. The van der Waals surface area contributed by atoms with Gasteiger partial charge in [-0.05, 0) is 74.1 Å². The number of benzene rings is 2. The summed E-state index contributed by atoms with van der Waals surface area (Å²) in [6.07, 6.45) is 0. The summed E-state index contributed by atoms with van der Waals surface area (Å²) < 4.78 is 0. The van der Waals surface area contributed by atoms with E-state index in [0.29, 0.717) is 0 Å². The van der Waals surface area contributed by atoms with E-state index in [1.165, 1.54) is 38.9 Å². The molecule has 0 aliphatic rings. The Morgan fingerprint density at radius 1 is 0.765 bits per heavy atom. The fourth-order valence-electron chi connectivity index (χ4n) is 2.55. The predicted molar refractivity (Wildman–Crippen MR) is 74.4 cm³/mol. The second-order valence-electron chi connectivity index (χ2n) is 4.99. The maximum Gasteiger partial charge on any atom is -0.0122 e. The molecule has 0 bridgehead atoms. The van der Waals surface area contributed by atoms with Gasteiger partial charge in [-0.25, -0.2) is 0 Å². The first-order chi connectivity index (χ1) is 7.99. The van der Waals surface area contributed by atoms with E-state index in [1.54, 1.807) is 0 Å². The molecule has 0 atom stereocenters. The summed E-state index contributed by atoms with van der Waals surface area (Å²) in [6.45, 7) is 10.8. The SMILES string of the molecule is Cc1[c]cc(C)c(-c2c(C)cc(C)cc2C)c1. The molecule has 0 spiro atoms. The first-order valence-corrected chi connectivity index (χ1v) is 6.06. The van der Waals surface area contributed by atoms with E-state index < -0.39 is 0 Å². The van der Waals surface area contributed by atoms with E-state index in [4.69, 9.17) is 0 Å². The minimum atomic E-state index is 1.20. The Morgan fingerprint density at radius 3 is 1.94 bits per heavy atom. The standard InChI is InChI=1S/C17H19/c1-11-6-7-13(3)16(10-11)17-14(4)8-12(2)9-15(17)5/h7-10H,1-5H3. The van der Waals surface area contributed by atoms with E-state index >= 15 is 0 Å². The molecule has 87 valence electrons. The molecule has 2 aromatic carbocycles. The molecule has 17 heavy (non-hydrogen) atoms. The van der Waals surface area contributed by atoms with Gasteiger partial charge in [0.2, 0.25) is 0 Å². The van der Waals surface area contributed by atoms with Crippen molar-refractivity contribution in [2.75, 3.05) is 0 Å². The molecule has 0 N–H and O–H groups in total.